The van der Waals surface area contributed by atoms with Crippen molar-refractivity contribution in [2.75, 3.05) is 0 Å². The Morgan fingerprint density at radius 1 is 1.62 bits per heavy atom. The van der Waals surface area contributed by atoms with E-state index in [-0.39, 0.29) is 17.9 Å². The molecule has 1 rings (SSSR count). The third-order valence-electron chi connectivity index (χ3n) is 3.21. The summed E-state index contributed by atoms with van der Waals surface area (Å²) in [6.45, 7) is 2.08. The van der Waals surface area contributed by atoms with Crippen LogP contribution in [0.4, 0.5) is 0 Å². The first-order chi connectivity index (χ1) is 7.69. The molecule has 3 N–H and O–H groups in total. The zero-order valence-corrected chi connectivity index (χ0v) is 9.91. The van der Waals surface area contributed by atoms with Gasteiger partial charge in [0.25, 0.3) is 0 Å². The molecule has 0 aromatic carbocycles. The minimum absolute atomic E-state index is 0.0187. The number of hydrogen-bond acceptors (Lipinski definition) is 3. The molecule has 0 bridgehead atoms. The maximum Gasteiger partial charge on any atom is 0.237 e. The van der Waals surface area contributed by atoms with Gasteiger partial charge in [-0.2, -0.15) is 5.26 Å². The van der Waals surface area contributed by atoms with Gasteiger partial charge in [-0.3, -0.25) is 4.79 Å². The molecule has 1 aliphatic carbocycles. The molecule has 0 radical (unpaired) electrons. The predicted octanol–water partition coefficient (Wildman–Crippen LogP) is 1.31. The van der Waals surface area contributed by atoms with Crippen molar-refractivity contribution in [1.29, 1.82) is 5.26 Å². The fourth-order valence-electron chi connectivity index (χ4n) is 2.13. The molecular weight excluding hydrogens is 202 g/mol. The second-order valence-corrected chi connectivity index (χ2v) is 4.53. The lowest BCUT2D eigenvalue weighted by Gasteiger charge is -2.18. The highest BCUT2D eigenvalue weighted by Crippen LogP contribution is 2.24. The number of hydrogen-bond donors (Lipinski definition) is 2. The average Bonchev–Trinajstić information content (AvgIpc) is 2.72. The minimum atomic E-state index is -0.417. The van der Waals surface area contributed by atoms with Crippen LogP contribution in [0, 0.1) is 17.2 Å². The van der Waals surface area contributed by atoms with Gasteiger partial charge in [-0.1, -0.05) is 19.8 Å². The van der Waals surface area contributed by atoms with Crippen LogP contribution < -0.4 is 11.1 Å². The Hall–Kier alpha value is -1.08. The summed E-state index contributed by atoms with van der Waals surface area (Å²) in [5.74, 6) is -0.122. The van der Waals surface area contributed by atoms with Gasteiger partial charge in [0.05, 0.1) is 18.0 Å². The molecule has 1 amide bonds. The highest BCUT2D eigenvalue weighted by molar-refractivity contribution is 5.81. The second kappa shape index (κ2) is 6.49. The first-order valence-corrected chi connectivity index (χ1v) is 6.14. The van der Waals surface area contributed by atoms with Gasteiger partial charge in [-0.05, 0) is 25.7 Å². The molecule has 4 nitrogen and oxygen atoms in total. The molecule has 0 heterocycles. The number of nitrogens with zero attached hydrogens (tertiary/aromatic N) is 1. The molecule has 0 aromatic heterocycles. The van der Waals surface area contributed by atoms with Crippen LogP contribution in [0.5, 0.6) is 0 Å². The average molecular weight is 223 g/mol. The van der Waals surface area contributed by atoms with E-state index in [1.165, 1.54) is 0 Å². The van der Waals surface area contributed by atoms with E-state index in [2.05, 4.69) is 18.3 Å². The van der Waals surface area contributed by atoms with Crippen LogP contribution in [-0.2, 0) is 4.79 Å². The minimum Gasteiger partial charge on any atom is -0.351 e. The smallest absolute Gasteiger partial charge is 0.237 e. The van der Waals surface area contributed by atoms with E-state index >= 15 is 0 Å². The summed E-state index contributed by atoms with van der Waals surface area (Å²) in [6, 6.07) is 1.85. The second-order valence-electron chi connectivity index (χ2n) is 4.53. The Balaban J connectivity index is 2.36. The third-order valence-corrected chi connectivity index (χ3v) is 3.21. The van der Waals surface area contributed by atoms with Gasteiger partial charge < -0.3 is 11.1 Å². The molecule has 0 saturated heterocycles. The fraction of sp³-hybridized carbons (Fsp3) is 0.833. The summed E-state index contributed by atoms with van der Waals surface area (Å²) in [7, 11) is 0. The SMILES string of the molecule is CCCC[C@H](N)C(=O)NC1CCCC1C#N. The summed E-state index contributed by atoms with van der Waals surface area (Å²) in [4.78, 5) is 11.7. The number of nitriles is 1. The highest BCUT2D eigenvalue weighted by Gasteiger charge is 2.29. The topological polar surface area (TPSA) is 78.9 Å². The van der Waals surface area contributed by atoms with Crippen molar-refractivity contribution in [2.24, 2.45) is 11.7 Å². The largest absolute Gasteiger partial charge is 0.351 e. The maximum atomic E-state index is 11.7. The maximum absolute atomic E-state index is 11.7. The first kappa shape index (κ1) is 13.0. The Bertz CT molecular complexity index is 272. The van der Waals surface area contributed by atoms with Crippen molar-refractivity contribution in [3.8, 4) is 6.07 Å². The van der Waals surface area contributed by atoms with Crippen molar-refractivity contribution in [3.63, 3.8) is 0 Å². The normalized spacial score (nSPS) is 26.1. The number of unbranched alkanes of at least 4 members (excludes halogenated alkanes) is 1. The molecule has 0 spiro atoms. The Labute approximate surface area is 97.2 Å². The van der Waals surface area contributed by atoms with E-state index in [1.54, 1.807) is 0 Å². The number of rotatable bonds is 5. The number of nitrogens with two attached hydrogens (primary N) is 1. The standard InChI is InChI=1S/C12H21N3O/c1-2-3-6-10(14)12(16)15-11-7-4-5-9(11)8-13/h9-11H,2-7,14H2,1H3,(H,15,16)/t9?,10-,11?/m0/s1. The predicted molar refractivity (Wildman–Crippen MR) is 62.4 cm³/mol. The van der Waals surface area contributed by atoms with E-state index in [1.807, 2.05) is 0 Å². The van der Waals surface area contributed by atoms with Gasteiger partial charge in [-0.15, -0.1) is 0 Å². The molecule has 2 unspecified atom stereocenters. The van der Waals surface area contributed by atoms with Crippen LogP contribution >= 0.6 is 0 Å². The number of amides is 1. The highest BCUT2D eigenvalue weighted by atomic mass is 16.2. The lowest BCUT2D eigenvalue weighted by Crippen LogP contribution is -2.46. The van der Waals surface area contributed by atoms with E-state index in [9.17, 15) is 4.79 Å². The van der Waals surface area contributed by atoms with Crippen molar-refractivity contribution in [1.82, 2.24) is 5.32 Å². The van der Waals surface area contributed by atoms with Crippen molar-refractivity contribution in [2.45, 2.75) is 57.5 Å². The lowest BCUT2D eigenvalue weighted by molar-refractivity contribution is -0.123. The molecule has 90 valence electrons. The van der Waals surface area contributed by atoms with Crippen LogP contribution in [0.1, 0.15) is 45.4 Å². The molecule has 1 saturated carbocycles. The first-order valence-electron chi connectivity index (χ1n) is 6.14. The molecule has 1 fully saturated rings. The molecule has 0 aromatic rings. The molecular formula is C12H21N3O. The Kier molecular flexibility index (Phi) is 5.27. The van der Waals surface area contributed by atoms with Gasteiger partial charge in [0.15, 0.2) is 0 Å². The van der Waals surface area contributed by atoms with Crippen LogP contribution in [-0.4, -0.2) is 18.0 Å². The zero-order chi connectivity index (χ0) is 12.0. The summed E-state index contributed by atoms with van der Waals surface area (Å²) < 4.78 is 0. The monoisotopic (exact) mass is 223 g/mol. The van der Waals surface area contributed by atoms with Gasteiger partial charge >= 0.3 is 0 Å². The number of carbonyl (C=O) groups is 1. The molecule has 16 heavy (non-hydrogen) atoms. The van der Waals surface area contributed by atoms with Crippen molar-refractivity contribution >= 4 is 5.91 Å². The van der Waals surface area contributed by atoms with Gasteiger partial charge in [0, 0.05) is 6.04 Å². The zero-order valence-electron chi connectivity index (χ0n) is 9.91. The van der Waals surface area contributed by atoms with Gasteiger partial charge in [-0.25, -0.2) is 0 Å². The summed E-state index contributed by atoms with van der Waals surface area (Å²) in [5, 5.41) is 11.8. The third kappa shape index (κ3) is 3.49. The summed E-state index contributed by atoms with van der Waals surface area (Å²) in [6.07, 6.45) is 5.57. The summed E-state index contributed by atoms with van der Waals surface area (Å²) >= 11 is 0. The van der Waals surface area contributed by atoms with Crippen molar-refractivity contribution < 1.29 is 4.79 Å². The van der Waals surface area contributed by atoms with Gasteiger partial charge in [0.2, 0.25) is 5.91 Å². The quantitative estimate of drug-likeness (QED) is 0.737. The van der Waals surface area contributed by atoms with Gasteiger partial charge in [0.1, 0.15) is 0 Å². The Morgan fingerprint density at radius 2 is 2.38 bits per heavy atom. The van der Waals surface area contributed by atoms with Crippen LogP contribution in [0.25, 0.3) is 0 Å². The van der Waals surface area contributed by atoms with Crippen LogP contribution in [0.15, 0.2) is 0 Å². The number of carbonyl (C=O) groups excluding carboxylic acids is 1. The molecule has 0 aliphatic heterocycles. The van der Waals surface area contributed by atoms with E-state index in [0.29, 0.717) is 0 Å². The summed E-state index contributed by atoms with van der Waals surface area (Å²) in [5.41, 5.74) is 5.77. The molecule has 1 aliphatic rings. The van der Waals surface area contributed by atoms with Crippen LogP contribution in [0.2, 0.25) is 0 Å². The van der Waals surface area contributed by atoms with Crippen molar-refractivity contribution in [3.05, 3.63) is 0 Å². The van der Waals surface area contributed by atoms with Crippen LogP contribution in [0.3, 0.4) is 0 Å². The fourth-order valence-corrected chi connectivity index (χ4v) is 2.13. The van der Waals surface area contributed by atoms with E-state index < -0.39 is 6.04 Å². The number of nitrogens with one attached hydrogen (secondary N) is 1. The van der Waals surface area contributed by atoms with E-state index in [4.69, 9.17) is 11.0 Å². The molecule has 3 atom stereocenters. The lowest BCUT2D eigenvalue weighted by atomic mass is 10.0. The Morgan fingerprint density at radius 3 is 3.00 bits per heavy atom. The van der Waals surface area contributed by atoms with E-state index in [0.717, 1.165) is 38.5 Å². The molecule has 4 heteroatoms.